The third-order valence-corrected chi connectivity index (χ3v) is 4.96. The monoisotopic (exact) mass is 386 g/mol. The van der Waals surface area contributed by atoms with Gasteiger partial charge in [0.1, 0.15) is 5.75 Å². The number of benzene rings is 2. The maximum absolute atomic E-state index is 12.4. The number of hydrogen-bond acceptors (Lipinski definition) is 4. The van der Waals surface area contributed by atoms with Crippen LogP contribution in [0.15, 0.2) is 53.4 Å². The van der Waals surface area contributed by atoms with Crippen LogP contribution >= 0.6 is 11.8 Å². The van der Waals surface area contributed by atoms with E-state index >= 15 is 0 Å². The Hall–Kier alpha value is -2.47. The van der Waals surface area contributed by atoms with Crippen molar-refractivity contribution in [2.24, 2.45) is 0 Å². The van der Waals surface area contributed by atoms with Crippen LogP contribution in [0.3, 0.4) is 0 Å². The van der Waals surface area contributed by atoms with Gasteiger partial charge in [-0.05, 0) is 63.2 Å². The van der Waals surface area contributed by atoms with Crippen molar-refractivity contribution >= 4 is 29.3 Å². The lowest BCUT2D eigenvalue weighted by atomic mass is 10.1. The Labute approximate surface area is 165 Å². The first-order chi connectivity index (χ1) is 13.1. The number of rotatable bonds is 9. The Morgan fingerprint density at radius 1 is 1.04 bits per heavy atom. The van der Waals surface area contributed by atoms with Crippen molar-refractivity contribution in [3.63, 3.8) is 0 Å². The predicted octanol–water partition coefficient (Wildman–Crippen LogP) is 4.30. The predicted molar refractivity (Wildman–Crippen MR) is 111 cm³/mol. The topological polar surface area (TPSA) is 58.6 Å². The molecule has 6 heteroatoms. The van der Waals surface area contributed by atoms with E-state index < -0.39 is 0 Å². The van der Waals surface area contributed by atoms with E-state index in [1.807, 2.05) is 45.0 Å². The number of amides is 2. The second-order valence-electron chi connectivity index (χ2n) is 5.80. The minimum absolute atomic E-state index is 0.0279. The molecule has 2 rings (SSSR count). The van der Waals surface area contributed by atoms with E-state index in [4.69, 9.17) is 4.74 Å². The van der Waals surface area contributed by atoms with E-state index in [-0.39, 0.29) is 11.8 Å². The Morgan fingerprint density at radius 3 is 2.37 bits per heavy atom. The van der Waals surface area contributed by atoms with Crippen LogP contribution in [0.25, 0.3) is 0 Å². The molecule has 27 heavy (non-hydrogen) atoms. The summed E-state index contributed by atoms with van der Waals surface area (Å²) in [4.78, 5) is 27.4. The lowest BCUT2D eigenvalue weighted by Gasteiger charge is -2.19. The van der Waals surface area contributed by atoms with Crippen molar-refractivity contribution in [3.05, 3.63) is 54.1 Å². The number of anilines is 1. The summed E-state index contributed by atoms with van der Waals surface area (Å²) in [6.45, 7) is 7.79. The molecule has 0 atom stereocenters. The Morgan fingerprint density at radius 2 is 1.74 bits per heavy atom. The van der Waals surface area contributed by atoms with Gasteiger partial charge in [0, 0.05) is 29.2 Å². The molecule has 144 valence electrons. The SMILES string of the molecule is CCOc1ccc(SCC(=O)Nc2cccc(C(=O)N(CC)CC)c2)cc1. The van der Waals surface area contributed by atoms with Gasteiger partial charge in [-0.3, -0.25) is 9.59 Å². The highest BCUT2D eigenvalue weighted by atomic mass is 32.2. The normalized spacial score (nSPS) is 10.3. The quantitative estimate of drug-likeness (QED) is 0.653. The molecule has 0 aliphatic heterocycles. The second kappa shape index (κ2) is 10.6. The number of ether oxygens (including phenoxy) is 1. The summed E-state index contributed by atoms with van der Waals surface area (Å²) < 4.78 is 5.41. The number of carbonyl (C=O) groups excluding carboxylic acids is 2. The van der Waals surface area contributed by atoms with E-state index in [1.165, 1.54) is 11.8 Å². The van der Waals surface area contributed by atoms with Gasteiger partial charge in [0.05, 0.1) is 12.4 Å². The second-order valence-corrected chi connectivity index (χ2v) is 6.85. The molecule has 0 unspecified atom stereocenters. The van der Waals surface area contributed by atoms with Crippen LogP contribution in [0.2, 0.25) is 0 Å². The summed E-state index contributed by atoms with van der Waals surface area (Å²) in [6, 6.07) is 14.7. The molecule has 0 heterocycles. The molecular weight excluding hydrogens is 360 g/mol. The van der Waals surface area contributed by atoms with Gasteiger partial charge in [-0.15, -0.1) is 11.8 Å². The molecule has 0 aliphatic rings. The average molecular weight is 387 g/mol. The van der Waals surface area contributed by atoms with Crippen molar-refractivity contribution in [1.29, 1.82) is 0 Å². The summed E-state index contributed by atoms with van der Waals surface area (Å²) in [5.41, 5.74) is 1.21. The number of carbonyl (C=O) groups is 2. The van der Waals surface area contributed by atoms with Crippen LogP contribution in [0.5, 0.6) is 5.75 Å². The summed E-state index contributed by atoms with van der Waals surface area (Å²) in [5, 5.41) is 2.86. The van der Waals surface area contributed by atoms with Crippen molar-refractivity contribution < 1.29 is 14.3 Å². The van der Waals surface area contributed by atoms with Gasteiger partial charge < -0.3 is 15.0 Å². The van der Waals surface area contributed by atoms with Crippen molar-refractivity contribution in [3.8, 4) is 5.75 Å². The highest BCUT2D eigenvalue weighted by Gasteiger charge is 2.13. The fraction of sp³-hybridized carbons (Fsp3) is 0.333. The number of nitrogens with one attached hydrogen (secondary N) is 1. The molecule has 2 aromatic rings. The van der Waals surface area contributed by atoms with E-state index in [1.54, 1.807) is 29.2 Å². The van der Waals surface area contributed by atoms with E-state index in [9.17, 15) is 9.59 Å². The van der Waals surface area contributed by atoms with Gasteiger partial charge in [-0.1, -0.05) is 6.07 Å². The number of thioether (sulfide) groups is 1. The van der Waals surface area contributed by atoms with Gasteiger partial charge >= 0.3 is 0 Å². The molecule has 0 fully saturated rings. The molecule has 2 amide bonds. The van der Waals surface area contributed by atoms with E-state index in [0.29, 0.717) is 36.7 Å². The highest BCUT2D eigenvalue weighted by molar-refractivity contribution is 8.00. The first kappa shape index (κ1) is 20.8. The standard InChI is InChI=1S/C21H26N2O3S/c1-4-23(5-2)21(25)16-8-7-9-17(14-16)22-20(24)15-27-19-12-10-18(11-13-19)26-6-3/h7-14H,4-6,15H2,1-3H3,(H,22,24). The average Bonchev–Trinajstić information content (AvgIpc) is 2.69. The van der Waals surface area contributed by atoms with Crippen LogP contribution in [0, 0.1) is 0 Å². The van der Waals surface area contributed by atoms with Crippen LogP contribution in [-0.4, -0.2) is 42.2 Å². The Kier molecular flexibility index (Phi) is 8.20. The molecule has 0 aliphatic carbocycles. The molecule has 0 spiro atoms. The molecule has 1 N–H and O–H groups in total. The summed E-state index contributed by atoms with van der Waals surface area (Å²) >= 11 is 1.45. The zero-order valence-electron chi connectivity index (χ0n) is 16.0. The molecule has 0 aromatic heterocycles. The van der Waals surface area contributed by atoms with Gasteiger partial charge in [0.2, 0.25) is 5.91 Å². The summed E-state index contributed by atoms with van der Waals surface area (Å²) in [6.07, 6.45) is 0. The fourth-order valence-electron chi connectivity index (χ4n) is 2.57. The summed E-state index contributed by atoms with van der Waals surface area (Å²) in [7, 11) is 0. The first-order valence-corrected chi connectivity index (χ1v) is 10.1. The molecule has 5 nitrogen and oxygen atoms in total. The third-order valence-electron chi connectivity index (χ3n) is 3.95. The smallest absolute Gasteiger partial charge is 0.253 e. The fourth-order valence-corrected chi connectivity index (χ4v) is 3.27. The van der Waals surface area contributed by atoms with Crippen LogP contribution in [0.4, 0.5) is 5.69 Å². The first-order valence-electron chi connectivity index (χ1n) is 9.12. The van der Waals surface area contributed by atoms with E-state index in [0.717, 1.165) is 10.6 Å². The number of hydrogen-bond donors (Lipinski definition) is 1. The number of nitrogens with zero attached hydrogens (tertiary/aromatic N) is 1. The largest absolute Gasteiger partial charge is 0.494 e. The Bertz CT molecular complexity index is 758. The van der Waals surface area contributed by atoms with Crippen LogP contribution in [-0.2, 0) is 4.79 Å². The maximum atomic E-state index is 12.4. The molecular formula is C21H26N2O3S. The lowest BCUT2D eigenvalue weighted by Crippen LogP contribution is -2.30. The highest BCUT2D eigenvalue weighted by Crippen LogP contribution is 2.22. The van der Waals surface area contributed by atoms with Crippen molar-refractivity contribution in [2.45, 2.75) is 25.7 Å². The minimum Gasteiger partial charge on any atom is -0.494 e. The molecule has 0 bridgehead atoms. The molecule has 0 saturated carbocycles. The third kappa shape index (κ3) is 6.32. The zero-order valence-corrected chi connectivity index (χ0v) is 16.8. The van der Waals surface area contributed by atoms with Crippen LogP contribution in [0.1, 0.15) is 31.1 Å². The van der Waals surface area contributed by atoms with Gasteiger partial charge in [0.15, 0.2) is 0 Å². The van der Waals surface area contributed by atoms with E-state index in [2.05, 4.69) is 5.32 Å². The summed E-state index contributed by atoms with van der Waals surface area (Å²) in [5.74, 6) is 0.976. The maximum Gasteiger partial charge on any atom is 0.253 e. The van der Waals surface area contributed by atoms with Gasteiger partial charge in [-0.25, -0.2) is 0 Å². The zero-order chi connectivity index (χ0) is 19.6. The Balaban J connectivity index is 1.91. The lowest BCUT2D eigenvalue weighted by molar-refractivity contribution is -0.113. The van der Waals surface area contributed by atoms with Crippen molar-refractivity contribution in [1.82, 2.24) is 4.90 Å². The molecule has 2 aromatic carbocycles. The van der Waals surface area contributed by atoms with Crippen molar-refractivity contribution in [2.75, 3.05) is 30.8 Å². The van der Waals surface area contributed by atoms with Crippen LogP contribution < -0.4 is 10.1 Å². The van der Waals surface area contributed by atoms with Gasteiger partial charge in [0.25, 0.3) is 5.91 Å². The van der Waals surface area contributed by atoms with Gasteiger partial charge in [-0.2, -0.15) is 0 Å². The molecule has 0 saturated heterocycles. The minimum atomic E-state index is -0.110. The molecule has 0 radical (unpaired) electrons.